The number of nitrogens with one attached hydrogen (secondary N) is 1. The van der Waals surface area contributed by atoms with E-state index in [2.05, 4.69) is 20.4 Å². The predicted octanol–water partition coefficient (Wildman–Crippen LogP) is 2.82. The van der Waals surface area contributed by atoms with Crippen molar-refractivity contribution < 1.29 is 30.4 Å². The Hall–Kier alpha value is -2.87. The van der Waals surface area contributed by atoms with E-state index in [-0.39, 0.29) is 47.9 Å². The summed E-state index contributed by atoms with van der Waals surface area (Å²) < 4.78 is 92.1. The van der Waals surface area contributed by atoms with E-state index in [0.717, 1.165) is 22.8 Å². The molecule has 0 bridgehead atoms. The maximum atomic E-state index is 14.6. The number of sulfonamides is 1. The number of anilines is 1. The number of pyridine rings is 1. The van der Waals surface area contributed by atoms with Gasteiger partial charge in [-0.15, -0.1) is 5.10 Å². The third-order valence-corrected chi connectivity index (χ3v) is 6.52. The van der Waals surface area contributed by atoms with Crippen LogP contribution in [0.4, 0.5) is 27.9 Å². The van der Waals surface area contributed by atoms with Gasteiger partial charge in [0.05, 0.1) is 36.3 Å². The molecule has 4 heterocycles. The van der Waals surface area contributed by atoms with E-state index in [4.69, 9.17) is 0 Å². The predicted molar refractivity (Wildman–Crippen MR) is 109 cm³/mol. The zero-order chi connectivity index (χ0) is 24.0. The fraction of sp³-hybridized carbons (Fsp3) is 0.421. The standard InChI is InChI=1S/C19H19F5N6O2S/c1-33(31,32)29-5-4-14(13(21)10-29)27-18-26-9-17-12(20)6-16(30(17)28-18)15-3-2-11(8-25-15)7-19(22,23)24/h2-3,6,8-9,13-14H,4-5,7,10H2,1H3,(H,27,28)/t13-,14-/m1/s1. The molecule has 0 amide bonds. The van der Waals surface area contributed by atoms with Crippen molar-refractivity contribution in [3.05, 3.63) is 42.0 Å². The van der Waals surface area contributed by atoms with Gasteiger partial charge >= 0.3 is 6.18 Å². The van der Waals surface area contributed by atoms with Gasteiger partial charge in [0.25, 0.3) is 0 Å². The van der Waals surface area contributed by atoms with Crippen molar-refractivity contribution in [1.29, 1.82) is 0 Å². The van der Waals surface area contributed by atoms with Crippen molar-refractivity contribution in [2.45, 2.75) is 31.2 Å². The van der Waals surface area contributed by atoms with Crippen molar-refractivity contribution in [3.8, 4) is 11.4 Å². The zero-order valence-electron chi connectivity index (χ0n) is 17.2. The first-order valence-electron chi connectivity index (χ1n) is 9.83. The third-order valence-electron chi connectivity index (χ3n) is 5.25. The molecule has 0 radical (unpaired) electrons. The number of rotatable bonds is 5. The summed E-state index contributed by atoms with van der Waals surface area (Å²) in [6.45, 7) is -0.187. The van der Waals surface area contributed by atoms with E-state index in [1.54, 1.807) is 0 Å². The van der Waals surface area contributed by atoms with Gasteiger partial charge in [0.1, 0.15) is 11.7 Å². The monoisotopic (exact) mass is 490 g/mol. The van der Waals surface area contributed by atoms with Crippen LogP contribution in [-0.4, -0.2) is 70.0 Å². The van der Waals surface area contributed by atoms with Crippen LogP contribution in [0, 0.1) is 5.82 Å². The molecular formula is C19H19F5N6O2S. The molecule has 3 aromatic heterocycles. The molecule has 1 aliphatic rings. The number of aromatic nitrogens is 4. The molecule has 178 valence electrons. The van der Waals surface area contributed by atoms with Crippen LogP contribution in [0.2, 0.25) is 0 Å². The van der Waals surface area contributed by atoms with Crippen LogP contribution >= 0.6 is 0 Å². The van der Waals surface area contributed by atoms with Crippen molar-refractivity contribution in [2.24, 2.45) is 0 Å². The van der Waals surface area contributed by atoms with E-state index in [1.165, 1.54) is 22.8 Å². The Morgan fingerprint density at radius 3 is 2.58 bits per heavy atom. The Balaban J connectivity index is 1.58. The van der Waals surface area contributed by atoms with Crippen molar-refractivity contribution in [3.63, 3.8) is 0 Å². The SMILES string of the molecule is CS(=O)(=O)N1CC[C@@H](Nc2ncc3c(F)cc(-c4ccc(CC(F)(F)F)cn4)n3n2)[C@H](F)C1. The Labute approximate surface area is 185 Å². The van der Waals surface area contributed by atoms with Gasteiger partial charge in [0, 0.05) is 25.4 Å². The molecule has 0 unspecified atom stereocenters. The minimum absolute atomic E-state index is 0.000382. The highest BCUT2D eigenvalue weighted by Gasteiger charge is 2.33. The molecule has 33 heavy (non-hydrogen) atoms. The molecule has 8 nitrogen and oxygen atoms in total. The van der Waals surface area contributed by atoms with E-state index >= 15 is 0 Å². The summed E-state index contributed by atoms with van der Waals surface area (Å²) in [5, 5.41) is 7.00. The van der Waals surface area contributed by atoms with Gasteiger partial charge in [-0.05, 0) is 18.1 Å². The smallest absolute Gasteiger partial charge is 0.347 e. The Bertz CT molecular complexity index is 1260. The quantitative estimate of drug-likeness (QED) is 0.553. The van der Waals surface area contributed by atoms with Crippen LogP contribution in [0.1, 0.15) is 12.0 Å². The van der Waals surface area contributed by atoms with E-state index in [0.29, 0.717) is 0 Å². The van der Waals surface area contributed by atoms with E-state index in [9.17, 15) is 30.4 Å². The van der Waals surface area contributed by atoms with E-state index < -0.39 is 40.7 Å². The van der Waals surface area contributed by atoms with Gasteiger partial charge in [-0.1, -0.05) is 6.07 Å². The molecule has 2 atom stereocenters. The normalized spacial score (nSPS) is 20.3. The lowest BCUT2D eigenvalue weighted by Crippen LogP contribution is -2.49. The summed E-state index contributed by atoms with van der Waals surface area (Å²) >= 11 is 0. The minimum Gasteiger partial charge on any atom is -0.347 e. The van der Waals surface area contributed by atoms with Gasteiger partial charge in [-0.3, -0.25) is 4.98 Å². The fourth-order valence-corrected chi connectivity index (χ4v) is 4.47. The first-order valence-corrected chi connectivity index (χ1v) is 11.7. The highest BCUT2D eigenvalue weighted by atomic mass is 32.2. The Morgan fingerprint density at radius 2 is 1.97 bits per heavy atom. The number of fused-ring (bicyclic) bond motifs is 1. The fourth-order valence-electron chi connectivity index (χ4n) is 3.62. The van der Waals surface area contributed by atoms with Gasteiger partial charge in [-0.25, -0.2) is 26.7 Å². The van der Waals surface area contributed by atoms with Crippen LogP contribution in [0.25, 0.3) is 16.9 Å². The third kappa shape index (κ3) is 5.21. The number of alkyl halides is 4. The lowest BCUT2D eigenvalue weighted by molar-refractivity contribution is -0.127. The Kier molecular flexibility index (Phi) is 5.99. The summed E-state index contributed by atoms with van der Waals surface area (Å²) in [6.07, 6.45) is -3.61. The van der Waals surface area contributed by atoms with Gasteiger partial charge in [0.2, 0.25) is 16.0 Å². The number of hydrogen-bond acceptors (Lipinski definition) is 6. The largest absolute Gasteiger partial charge is 0.393 e. The molecule has 1 saturated heterocycles. The maximum Gasteiger partial charge on any atom is 0.393 e. The molecular weight excluding hydrogens is 471 g/mol. The second-order valence-electron chi connectivity index (χ2n) is 7.78. The van der Waals surface area contributed by atoms with Crippen molar-refractivity contribution >= 4 is 21.5 Å². The number of hydrogen-bond donors (Lipinski definition) is 1. The maximum absolute atomic E-state index is 14.6. The van der Waals surface area contributed by atoms with E-state index in [1.807, 2.05) is 0 Å². The molecule has 0 spiro atoms. The average molecular weight is 490 g/mol. The summed E-state index contributed by atoms with van der Waals surface area (Å²) in [7, 11) is -3.51. The average Bonchev–Trinajstić information content (AvgIpc) is 3.04. The molecule has 0 saturated carbocycles. The molecule has 1 fully saturated rings. The molecule has 4 rings (SSSR count). The second kappa shape index (κ2) is 8.48. The first-order chi connectivity index (χ1) is 15.4. The Morgan fingerprint density at radius 1 is 1.21 bits per heavy atom. The molecule has 1 aliphatic heterocycles. The first kappa shape index (κ1) is 23.3. The minimum atomic E-state index is -4.38. The summed E-state index contributed by atoms with van der Waals surface area (Å²) in [5.74, 6) is -0.684. The lowest BCUT2D eigenvalue weighted by Gasteiger charge is -2.33. The topological polar surface area (TPSA) is 92.5 Å². The van der Waals surface area contributed by atoms with Crippen LogP contribution in [0.5, 0.6) is 0 Å². The molecule has 0 aromatic carbocycles. The van der Waals surface area contributed by atoms with Gasteiger partial charge in [0.15, 0.2) is 5.82 Å². The lowest BCUT2D eigenvalue weighted by atomic mass is 10.1. The zero-order valence-corrected chi connectivity index (χ0v) is 18.0. The van der Waals surface area contributed by atoms with Gasteiger partial charge < -0.3 is 5.32 Å². The molecule has 14 heteroatoms. The molecule has 3 aromatic rings. The molecule has 0 aliphatic carbocycles. The van der Waals surface area contributed by atoms with Crippen LogP contribution in [-0.2, 0) is 16.4 Å². The van der Waals surface area contributed by atoms with Crippen molar-refractivity contribution in [2.75, 3.05) is 24.7 Å². The van der Waals surface area contributed by atoms with Crippen LogP contribution < -0.4 is 5.32 Å². The number of piperidine rings is 1. The highest BCUT2D eigenvalue weighted by molar-refractivity contribution is 7.88. The second-order valence-corrected chi connectivity index (χ2v) is 9.76. The summed E-state index contributed by atoms with van der Waals surface area (Å²) in [4.78, 5) is 7.99. The molecule has 1 N–H and O–H groups in total. The summed E-state index contributed by atoms with van der Waals surface area (Å²) in [6, 6.07) is 2.94. The van der Waals surface area contributed by atoms with Crippen molar-refractivity contribution in [1.82, 2.24) is 23.9 Å². The summed E-state index contributed by atoms with van der Waals surface area (Å²) in [5.41, 5.74) is 0.323. The van der Waals surface area contributed by atoms with Crippen LogP contribution in [0.3, 0.4) is 0 Å². The number of nitrogens with zero attached hydrogens (tertiary/aromatic N) is 5. The number of halogens is 5. The highest BCUT2D eigenvalue weighted by Crippen LogP contribution is 2.26. The van der Waals surface area contributed by atoms with Crippen LogP contribution in [0.15, 0.2) is 30.6 Å². The van der Waals surface area contributed by atoms with Gasteiger partial charge in [-0.2, -0.15) is 17.5 Å².